The van der Waals surface area contributed by atoms with Crippen LogP contribution in [0.2, 0.25) is 0 Å². The summed E-state index contributed by atoms with van der Waals surface area (Å²) >= 11 is 0. The van der Waals surface area contributed by atoms with Crippen LogP contribution in [0.5, 0.6) is 23.0 Å². The second-order valence-electron chi connectivity index (χ2n) is 9.22. The second-order valence-corrected chi connectivity index (χ2v) is 9.22. The van der Waals surface area contributed by atoms with Crippen molar-refractivity contribution in [3.63, 3.8) is 0 Å². The van der Waals surface area contributed by atoms with Crippen molar-refractivity contribution in [2.45, 2.75) is 6.61 Å². The van der Waals surface area contributed by atoms with Gasteiger partial charge in [0.2, 0.25) is 5.75 Å². The molecule has 0 saturated heterocycles. The van der Waals surface area contributed by atoms with Crippen LogP contribution < -0.4 is 18.9 Å². The fourth-order valence-electron chi connectivity index (χ4n) is 3.88. The van der Waals surface area contributed by atoms with E-state index < -0.39 is 41.1 Å². The number of esters is 3. The smallest absolute Gasteiger partial charge is 0.343 e. The number of carbonyl (C=O) groups is 3. The predicted molar refractivity (Wildman–Crippen MR) is 151 cm³/mol. The first-order valence-corrected chi connectivity index (χ1v) is 13.0. The number of hydrogen-bond donors (Lipinski definition) is 0. The lowest BCUT2D eigenvalue weighted by Gasteiger charge is -2.09. The van der Waals surface area contributed by atoms with Crippen LogP contribution in [0.25, 0.3) is 0 Å². The summed E-state index contributed by atoms with van der Waals surface area (Å²) < 4.78 is 61.9. The van der Waals surface area contributed by atoms with Gasteiger partial charge in [-0.1, -0.05) is 36.4 Å². The van der Waals surface area contributed by atoms with E-state index in [1.165, 1.54) is 42.5 Å². The lowest BCUT2D eigenvalue weighted by Crippen LogP contribution is -2.13. The molecular weight excluding hydrogens is 577 g/mol. The first-order chi connectivity index (χ1) is 21.2. The number of benzene rings is 5. The standard InChI is InChI=1S/C34H21F3O7/c35-25-18-29(36)31(30(37)19-25)44-34(40)24-7-4-8-28(17-24)43-33(39)23-11-15-27(16-12-23)42-32(38)22-9-13-26(14-10-22)41-20-21-5-2-1-3-6-21/h1-19H,20H2. The minimum absolute atomic E-state index is 0.0591. The Labute approximate surface area is 249 Å². The van der Waals surface area contributed by atoms with Gasteiger partial charge in [-0.05, 0) is 72.3 Å². The monoisotopic (exact) mass is 598 g/mol. The highest BCUT2D eigenvalue weighted by atomic mass is 19.1. The summed E-state index contributed by atoms with van der Waals surface area (Å²) in [6.45, 7) is 0.386. The Morgan fingerprint density at radius 3 is 1.66 bits per heavy atom. The molecule has 0 N–H and O–H groups in total. The highest BCUT2D eigenvalue weighted by Gasteiger charge is 2.19. The van der Waals surface area contributed by atoms with E-state index in [1.54, 1.807) is 24.3 Å². The van der Waals surface area contributed by atoms with Crippen LogP contribution in [0, 0.1) is 17.5 Å². The molecule has 0 spiro atoms. The minimum atomic E-state index is -1.39. The molecule has 0 bridgehead atoms. The van der Waals surface area contributed by atoms with Gasteiger partial charge in [-0.15, -0.1) is 0 Å². The maximum absolute atomic E-state index is 13.8. The molecule has 10 heteroatoms. The molecule has 0 aliphatic heterocycles. The molecule has 0 aromatic heterocycles. The topological polar surface area (TPSA) is 88.1 Å². The lowest BCUT2D eigenvalue weighted by molar-refractivity contribution is 0.0705. The van der Waals surface area contributed by atoms with E-state index in [-0.39, 0.29) is 22.6 Å². The Hall–Kier alpha value is -5.90. The molecule has 0 unspecified atom stereocenters. The number of carbonyl (C=O) groups excluding carboxylic acids is 3. The van der Waals surface area contributed by atoms with Crippen molar-refractivity contribution in [1.29, 1.82) is 0 Å². The van der Waals surface area contributed by atoms with Crippen LogP contribution in [-0.2, 0) is 6.61 Å². The minimum Gasteiger partial charge on any atom is -0.489 e. The normalized spacial score (nSPS) is 10.5. The van der Waals surface area contributed by atoms with Crippen LogP contribution in [0.3, 0.4) is 0 Å². The average molecular weight is 599 g/mol. The molecule has 5 aromatic rings. The Kier molecular flexibility index (Phi) is 9.00. The summed E-state index contributed by atoms with van der Waals surface area (Å²) in [7, 11) is 0. The van der Waals surface area contributed by atoms with Gasteiger partial charge in [0.1, 0.15) is 29.7 Å². The van der Waals surface area contributed by atoms with E-state index in [9.17, 15) is 27.6 Å². The van der Waals surface area contributed by atoms with Gasteiger partial charge < -0.3 is 18.9 Å². The fraction of sp³-hybridized carbons (Fsp3) is 0.0294. The average Bonchev–Trinajstić information content (AvgIpc) is 3.03. The Balaban J connectivity index is 1.15. The predicted octanol–water partition coefficient (Wildman–Crippen LogP) is 7.34. The van der Waals surface area contributed by atoms with Crippen molar-refractivity contribution < 1.29 is 46.5 Å². The molecule has 0 fully saturated rings. The van der Waals surface area contributed by atoms with Crippen molar-refractivity contribution in [1.82, 2.24) is 0 Å². The van der Waals surface area contributed by atoms with Gasteiger partial charge in [0.25, 0.3) is 0 Å². The van der Waals surface area contributed by atoms with Crippen molar-refractivity contribution >= 4 is 17.9 Å². The molecule has 0 atom stereocenters. The second kappa shape index (κ2) is 13.4. The molecule has 0 aliphatic rings. The van der Waals surface area contributed by atoms with Gasteiger partial charge in [0.05, 0.1) is 16.7 Å². The Bertz CT molecular complexity index is 1780. The molecule has 0 amide bonds. The van der Waals surface area contributed by atoms with Crippen LogP contribution in [0.4, 0.5) is 13.2 Å². The Morgan fingerprint density at radius 1 is 0.500 bits per heavy atom. The van der Waals surface area contributed by atoms with Gasteiger partial charge >= 0.3 is 17.9 Å². The van der Waals surface area contributed by atoms with Crippen LogP contribution >= 0.6 is 0 Å². The van der Waals surface area contributed by atoms with E-state index in [0.717, 1.165) is 11.6 Å². The third-order valence-electron chi connectivity index (χ3n) is 6.08. The molecule has 5 aromatic carbocycles. The SMILES string of the molecule is O=C(Oc1ccc(C(=O)Oc2cccc(C(=O)Oc3c(F)cc(F)cc3F)c2)cc1)c1ccc(OCc2ccccc2)cc1. The molecule has 220 valence electrons. The molecule has 5 rings (SSSR count). The van der Waals surface area contributed by atoms with E-state index in [4.69, 9.17) is 18.9 Å². The molecule has 7 nitrogen and oxygen atoms in total. The quantitative estimate of drug-likeness (QED) is 0.130. The Morgan fingerprint density at radius 2 is 1.05 bits per heavy atom. The first-order valence-electron chi connectivity index (χ1n) is 13.0. The molecular formula is C34H21F3O7. The zero-order valence-electron chi connectivity index (χ0n) is 22.7. The highest BCUT2D eigenvalue weighted by molar-refractivity contribution is 5.94. The molecule has 0 aliphatic carbocycles. The summed E-state index contributed by atoms with van der Waals surface area (Å²) in [5, 5.41) is 0. The van der Waals surface area contributed by atoms with Crippen LogP contribution in [-0.4, -0.2) is 17.9 Å². The zero-order valence-corrected chi connectivity index (χ0v) is 22.7. The summed E-state index contributed by atoms with van der Waals surface area (Å²) in [6, 6.07) is 27.6. The van der Waals surface area contributed by atoms with Gasteiger partial charge in [-0.3, -0.25) is 0 Å². The molecule has 44 heavy (non-hydrogen) atoms. The van der Waals surface area contributed by atoms with Crippen molar-refractivity contribution in [2.75, 3.05) is 0 Å². The maximum Gasteiger partial charge on any atom is 0.343 e. The van der Waals surface area contributed by atoms with E-state index in [0.29, 0.717) is 30.1 Å². The summed E-state index contributed by atoms with van der Waals surface area (Å²) in [5.74, 6) is -6.88. The number of halogens is 3. The van der Waals surface area contributed by atoms with Gasteiger partial charge in [0, 0.05) is 12.1 Å². The van der Waals surface area contributed by atoms with Gasteiger partial charge in [-0.25, -0.2) is 27.6 Å². The summed E-state index contributed by atoms with van der Waals surface area (Å²) in [5.41, 5.74) is 1.23. The highest BCUT2D eigenvalue weighted by Crippen LogP contribution is 2.25. The third-order valence-corrected chi connectivity index (χ3v) is 6.08. The first kappa shape index (κ1) is 29.6. The van der Waals surface area contributed by atoms with E-state index >= 15 is 0 Å². The fourth-order valence-corrected chi connectivity index (χ4v) is 3.88. The zero-order chi connectivity index (χ0) is 31.1. The molecule has 0 heterocycles. The van der Waals surface area contributed by atoms with Crippen molar-refractivity contribution in [2.24, 2.45) is 0 Å². The van der Waals surface area contributed by atoms with E-state index in [1.807, 2.05) is 30.3 Å². The van der Waals surface area contributed by atoms with Crippen LogP contribution in [0.15, 0.2) is 115 Å². The van der Waals surface area contributed by atoms with Gasteiger partial charge in [-0.2, -0.15) is 0 Å². The molecule has 0 radical (unpaired) electrons. The lowest BCUT2D eigenvalue weighted by atomic mass is 10.2. The number of hydrogen-bond acceptors (Lipinski definition) is 7. The number of ether oxygens (including phenoxy) is 4. The number of rotatable bonds is 9. The van der Waals surface area contributed by atoms with Gasteiger partial charge in [0.15, 0.2) is 11.6 Å². The van der Waals surface area contributed by atoms with Crippen LogP contribution in [0.1, 0.15) is 36.6 Å². The third kappa shape index (κ3) is 7.48. The van der Waals surface area contributed by atoms with Crippen molar-refractivity contribution in [3.05, 3.63) is 155 Å². The summed E-state index contributed by atoms with van der Waals surface area (Å²) in [6.07, 6.45) is 0. The largest absolute Gasteiger partial charge is 0.489 e. The van der Waals surface area contributed by atoms with E-state index in [2.05, 4.69) is 0 Å². The van der Waals surface area contributed by atoms with Crippen molar-refractivity contribution in [3.8, 4) is 23.0 Å². The maximum atomic E-state index is 13.8. The molecule has 0 saturated carbocycles. The summed E-state index contributed by atoms with van der Waals surface area (Å²) in [4.78, 5) is 37.6.